The van der Waals surface area contributed by atoms with Gasteiger partial charge in [-0.25, -0.2) is 0 Å². The Balaban J connectivity index is 3.84. The molecule has 0 fully saturated rings. The Hall–Kier alpha value is -0.510. The number of halogens is 3. The third kappa shape index (κ3) is 3.50. The normalized spacial score (nSPS) is 16.1. The van der Waals surface area contributed by atoms with Crippen LogP contribution >= 0.6 is 0 Å². The third-order valence-electron chi connectivity index (χ3n) is 0.889. The summed E-state index contributed by atoms with van der Waals surface area (Å²) in [6.07, 6.45) is -4.33. The molecule has 0 aromatic heterocycles. The van der Waals surface area contributed by atoms with Gasteiger partial charge in [-0.05, 0) is 6.42 Å². The lowest BCUT2D eigenvalue weighted by molar-refractivity contribution is -0.187. The summed E-state index contributed by atoms with van der Waals surface area (Å²) in [7, 11) is 0. The quantitative estimate of drug-likeness (QED) is 0.602. The molecule has 10 heavy (non-hydrogen) atoms. The summed E-state index contributed by atoms with van der Waals surface area (Å²) in [5, 5.41) is 8.30. The minimum atomic E-state index is -4.52. The molecule has 0 aromatic rings. The molecule has 60 valence electrons. The zero-order valence-electron chi connectivity index (χ0n) is 5.52. The molecular formula is C6H9F3O. The van der Waals surface area contributed by atoms with Crippen molar-refractivity contribution in [1.82, 2.24) is 0 Å². The van der Waals surface area contributed by atoms with Crippen molar-refractivity contribution in [1.29, 1.82) is 0 Å². The second kappa shape index (κ2) is 3.61. The molecule has 1 N–H and O–H groups in total. The van der Waals surface area contributed by atoms with Gasteiger partial charge in [0.05, 0.1) is 0 Å². The molecule has 0 bridgehead atoms. The lowest BCUT2D eigenvalue weighted by Crippen LogP contribution is -2.25. The van der Waals surface area contributed by atoms with Gasteiger partial charge in [0.25, 0.3) is 0 Å². The Kier molecular flexibility index (Phi) is 3.42. The van der Waals surface area contributed by atoms with Crippen molar-refractivity contribution in [2.75, 3.05) is 0 Å². The first-order valence-corrected chi connectivity index (χ1v) is 2.90. The summed E-state index contributed by atoms with van der Waals surface area (Å²) in [5.41, 5.74) is 0. The Bertz CT molecular complexity index is 117. The largest absolute Gasteiger partial charge is 0.417 e. The van der Waals surface area contributed by atoms with E-state index in [9.17, 15) is 13.2 Å². The van der Waals surface area contributed by atoms with Crippen LogP contribution in [0, 0.1) is 0 Å². The van der Waals surface area contributed by atoms with Crippen LogP contribution in [0.4, 0.5) is 13.2 Å². The Morgan fingerprint density at radius 3 is 2.30 bits per heavy atom. The molecular weight excluding hydrogens is 145 g/mol. The van der Waals surface area contributed by atoms with Crippen LogP contribution in [0.25, 0.3) is 0 Å². The molecule has 0 amide bonds. The molecule has 0 spiro atoms. The van der Waals surface area contributed by atoms with Crippen LogP contribution in [0.1, 0.15) is 13.3 Å². The van der Waals surface area contributed by atoms with E-state index in [0.29, 0.717) is 6.42 Å². The first kappa shape index (κ1) is 9.49. The first-order chi connectivity index (χ1) is 4.48. The number of rotatable bonds is 2. The molecule has 0 aliphatic heterocycles. The molecule has 0 aliphatic carbocycles. The molecule has 4 heteroatoms. The topological polar surface area (TPSA) is 20.2 Å². The van der Waals surface area contributed by atoms with Gasteiger partial charge in [0.1, 0.15) is 0 Å². The Morgan fingerprint density at radius 1 is 1.50 bits per heavy atom. The van der Waals surface area contributed by atoms with Crippen LogP contribution in [0.15, 0.2) is 12.2 Å². The second-order valence-electron chi connectivity index (χ2n) is 1.82. The number of aliphatic hydroxyl groups excluding tert-OH is 1. The van der Waals surface area contributed by atoms with Gasteiger partial charge in [-0.3, -0.25) is 0 Å². The van der Waals surface area contributed by atoms with Gasteiger partial charge < -0.3 is 5.11 Å². The van der Waals surface area contributed by atoms with E-state index < -0.39 is 12.3 Å². The summed E-state index contributed by atoms with van der Waals surface area (Å²) in [4.78, 5) is 0. The van der Waals surface area contributed by atoms with Gasteiger partial charge in [0.2, 0.25) is 0 Å². The molecule has 0 rings (SSSR count). The minimum Gasteiger partial charge on any atom is -0.380 e. The first-order valence-electron chi connectivity index (χ1n) is 2.90. The lowest BCUT2D eigenvalue weighted by atomic mass is 10.3. The highest BCUT2D eigenvalue weighted by Gasteiger charge is 2.35. The number of allylic oxidation sites excluding steroid dienone is 1. The fraction of sp³-hybridized carbons (Fsp3) is 0.667. The smallest absolute Gasteiger partial charge is 0.380 e. The van der Waals surface area contributed by atoms with Crippen molar-refractivity contribution < 1.29 is 18.3 Å². The van der Waals surface area contributed by atoms with Crippen LogP contribution < -0.4 is 0 Å². The maximum absolute atomic E-state index is 11.5. The molecule has 0 radical (unpaired) electrons. The zero-order chi connectivity index (χ0) is 8.20. The van der Waals surface area contributed by atoms with Gasteiger partial charge in [0, 0.05) is 0 Å². The molecule has 0 saturated heterocycles. The maximum atomic E-state index is 11.5. The SMILES string of the molecule is CC/C=C/[C@H](O)C(F)(F)F. The van der Waals surface area contributed by atoms with Crippen molar-refractivity contribution in [2.24, 2.45) is 0 Å². The fourth-order valence-electron chi connectivity index (χ4n) is 0.374. The molecule has 1 atom stereocenters. The number of aliphatic hydroxyl groups is 1. The molecule has 0 saturated carbocycles. The fourth-order valence-corrected chi connectivity index (χ4v) is 0.374. The Labute approximate surface area is 57.2 Å². The summed E-state index contributed by atoms with van der Waals surface area (Å²) >= 11 is 0. The molecule has 0 unspecified atom stereocenters. The van der Waals surface area contributed by atoms with Gasteiger partial charge in [0.15, 0.2) is 6.10 Å². The molecule has 0 heterocycles. The highest BCUT2D eigenvalue weighted by atomic mass is 19.4. The third-order valence-corrected chi connectivity index (χ3v) is 0.889. The number of hydrogen-bond acceptors (Lipinski definition) is 1. The van der Waals surface area contributed by atoms with Gasteiger partial charge in [-0.2, -0.15) is 13.2 Å². The molecule has 1 nitrogen and oxygen atoms in total. The van der Waals surface area contributed by atoms with Crippen LogP contribution in [-0.4, -0.2) is 17.4 Å². The second-order valence-corrected chi connectivity index (χ2v) is 1.82. The number of hydrogen-bond donors (Lipinski definition) is 1. The van der Waals surface area contributed by atoms with E-state index in [-0.39, 0.29) is 0 Å². The zero-order valence-corrected chi connectivity index (χ0v) is 5.52. The van der Waals surface area contributed by atoms with Gasteiger partial charge in [-0.15, -0.1) is 0 Å². The standard InChI is InChI=1S/C6H9F3O/c1-2-3-4-5(10)6(7,8)9/h3-5,10H,2H2,1H3/b4-3+/t5-/m0/s1. The summed E-state index contributed by atoms with van der Waals surface area (Å²) in [5.74, 6) is 0. The highest BCUT2D eigenvalue weighted by Crippen LogP contribution is 2.20. The molecule has 0 aromatic carbocycles. The van der Waals surface area contributed by atoms with E-state index in [4.69, 9.17) is 5.11 Å². The van der Waals surface area contributed by atoms with Crippen molar-refractivity contribution in [2.45, 2.75) is 25.6 Å². The minimum absolute atomic E-state index is 0.493. The summed E-state index contributed by atoms with van der Waals surface area (Å²) < 4.78 is 34.4. The Morgan fingerprint density at radius 2 is 2.00 bits per heavy atom. The summed E-state index contributed by atoms with van der Waals surface area (Å²) in [6.45, 7) is 1.69. The van der Waals surface area contributed by atoms with E-state index in [0.717, 1.165) is 6.08 Å². The summed E-state index contributed by atoms with van der Waals surface area (Å²) in [6, 6.07) is 0. The van der Waals surface area contributed by atoms with Crippen molar-refractivity contribution in [3.05, 3.63) is 12.2 Å². The van der Waals surface area contributed by atoms with Crippen LogP contribution in [-0.2, 0) is 0 Å². The van der Waals surface area contributed by atoms with E-state index in [1.807, 2.05) is 0 Å². The van der Waals surface area contributed by atoms with Gasteiger partial charge >= 0.3 is 6.18 Å². The van der Waals surface area contributed by atoms with Crippen molar-refractivity contribution in [3.63, 3.8) is 0 Å². The average molecular weight is 154 g/mol. The van der Waals surface area contributed by atoms with Crippen molar-refractivity contribution in [3.8, 4) is 0 Å². The van der Waals surface area contributed by atoms with Crippen LogP contribution in [0.2, 0.25) is 0 Å². The predicted octanol–water partition coefficient (Wildman–Crippen LogP) is 1.88. The molecule has 0 aliphatic rings. The van der Waals surface area contributed by atoms with Crippen molar-refractivity contribution >= 4 is 0 Å². The predicted molar refractivity (Wildman–Crippen MR) is 31.5 cm³/mol. The van der Waals surface area contributed by atoms with Gasteiger partial charge in [-0.1, -0.05) is 19.1 Å². The maximum Gasteiger partial charge on any atom is 0.417 e. The van der Waals surface area contributed by atoms with E-state index in [2.05, 4.69) is 0 Å². The van der Waals surface area contributed by atoms with Crippen LogP contribution in [0.5, 0.6) is 0 Å². The average Bonchev–Trinajstić information content (AvgIpc) is 1.80. The van der Waals surface area contributed by atoms with E-state index in [1.54, 1.807) is 6.92 Å². The monoisotopic (exact) mass is 154 g/mol. The lowest BCUT2D eigenvalue weighted by Gasteiger charge is -2.08. The van der Waals surface area contributed by atoms with E-state index in [1.165, 1.54) is 6.08 Å². The van der Waals surface area contributed by atoms with Crippen LogP contribution in [0.3, 0.4) is 0 Å². The number of alkyl halides is 3. The van der Waals surface area contributed by atoms with E-state index >= 15 is 0 Å². The highest BCUT2D eigenvalue weighted by molar-refractivity contribution is 4.91.